The smallest absolute Gasteiger partial charge is 0.191 e. The average Bonchev–Trinajstić information content (AvgIpc) is 2.71. The van der Waals surface area contributed by atoms with Crippen LogP contribution in [0.5, 0.6) is 5.75 Å². The molecule has 0 amide bonds. The number of ether oxygens (including phenoxy) is 2. The summed E-state index contributed by atoms with van der Waals surface area (Å²) in [6.45, 7) is 9.62. The first-order valence-corrected chi connectivity index (χ1v) is 10.2. The van der Waals surface area contributed by atoms with Crippen LogP contribution in [0, 0.1) is 5.92 Å². The Morgan fingerprint density at radius 2 is 1.93 bits per heavy atom. The molecule has 2 rings (SSSR count). The summed E-state index contributed by atoms with van der Waals surface area (Å²) in [6.07, 6.45) is 3.38. The predicted molar refractivity (Wildman–Crippen MR) is 112 cm³/mol. The Hall–Kier alpha value is -1.79. The molecule has 0 atom stereocenters. The molecule has 0 aliphatic carbocycles. The standard InChI is InChI=1S/C21H36N4O2/c1-3-22-21(23-12-7-16-27-20-8-5-4-6-9-20)24-18-19-10-13-25(14-11-19)15-17-26-2/h4-6,8-9,19H,3,7,10-18H2,1-2H3,(H2,22,23,24). The van der Waals surface area contributed by atoms with Crippen LogP contribution in [0.25, 0.3) is 0 Å². The number of aliphatic imine (C=N–C) groups is 1. The Kier molecular flexibility index (Phi) is 10.7. The Morgan fingerprint density at radius 1 is 1.15 bits per heavy atom. The minimum atomic E-state index is 0.681. The Morgan fingerprint density at radius 3 is 2.63 bits per heavy atom. The molecule has 0 saturated carbocycles. The van der Waals surface area contributed by atoms with Crippen molar-refractivity contribution in [3.05, 3.63) is 30.3 Å². The summed E-state index contributed by atoms with van der Waals surface area (Å²) >= 11 is 0. The number of benzene rings is 1. The predicted octanol–water partition coefficient (Wildman–Crippen LogP) is 2.37. The fourth-order valence-electron chi connectivity index (χ4n) is 3.16. The first-order chi connectivity index (χ1) is 13.3. The fraction of sp³-hybridized carbons (Fsp3) is 0.667. The van der Waals surface area contributed by atoms with E-state index in [1.54, 1.807) is 7.11 Å². The van der Waals surface area contributed by atoms with Gasteiger partial charge in [-0.2, -0.15) is 0 Å². The van der Waals surface area contributed by atoms with Crippen LogP contribution in [0.2, 0.25) is 0 Å². The number of hydrogen-bond donors (Lipinski definition) is 2. The summed E-state index contributed by atoms with van der Waals surface area (Å²) in [5.41, 5.74) is 0. The highest BCUT2D eigenvalue weighted by atomic mass is 16.5. The molecular weight excluding hydrogens is 340 g/mol. The van der Waals surface area contributed by atoms with Crippen molar-refractivity contribution < 1.29 is 9.47 Å². The molecule has 1 aliphatic rings. The van der Waals surface area contributed by atoms with Crippen LogP contribution < -0.4 is 15.4 Å². The van der Waals surface area contributed by atoms with E-state index >= 15 is 0 Å². The third-order valence-corrected chi connectivity index (χ3v) is 4.80. The molecule has 2 N–H and O–H groups in total. The van der Waals surface area contributed by atoms with Crippen LogP contribution in [0.1, 0.15) is 26.2 Å². The lowest BCUT2D eigenvalue weighted by atomic mass is 9.97. The lowest BCUT2D eigenvalue weighted by Gasteiger charge is -2.31. The van der Waals surface area contributed by atoms with E-state index in [0.717, 1.165) is 64.0 Å². The third-order valence-electron chi connectivity index (χ3n) is 4.80. The maximum absolute atomic E-state index is 5.73. The number of likely N-dealkylation sites (tertiary alicyclic amines) is 1. The van der Waals surface area contributed by atoms with E-state index in [2.05, 4.69) is 22.5 Å². The van der Waals surface area contributed by atoms with Crippen molar-refractivity contribution in [3.8, 4) is 5.75 Å². The fourth-order valence-corrected chi connectivity index (χ4v) is 3.16. The number of methoxy groups -OCH3 is 1. The van der Waals surface area contributed by atoms with Crippen LogP contribution in [0.4, 0.5) is 0 Å². The summed E-state index contributed by atoms with van der Waals surface area (Å²) in [4.78, 5) is 7.28. The minimum Gasteiger partial charge on any atom is -0.494 e. The molecule has 1 fully saturated rings. The lowest BCUT2D eigenvalue weighted by molar-refractivity contribution is 0.121. The number of nitrogens with one attached hydrogen (secondary N) is 2. The zero-order valence-corrected chi connectivity index (χ0v) is 17.0. The SMILES string of the molecule is CCNC(=NCC1CCN(CCOC)CC1)NCCCOc1ccccc1. The van der Waals surface area contributed by atoms with Gasteiger partial charge in [0, 0.05) is 33.3 Å². The molecule has 152 valence electrons. The van der Waals surface area contributed by atoms with Gasteiger partial charge in [0.2, 0.25) is 0 Å². The van der Waals surface area contributed by atoms with Gasteiger partial charge >= 0.3 is 0 Å². The van der Waals surface area contributed by atoms with Crippen LogP contribution in [-0.4, -0.2) is 70.5 Å². The van der Waals surface area contributed by atoms with Crippen molar-refractivity contribution in [2.24, 2.45) is 10.9 Å². The van der Waals surface area contributed by atoms with E-state index in [9.17, 15) is 0 Å². The normalized spacial score (nSPS) is 16.3. The third kappa shape index (κ3) is 9.11. The highest BCUT2D eigenvalue weighted by molar-refractivity contribution is 5.79. The monoisotopic (exact) mass is 376 g/mol. The summed E-state index contributed by atoms with van der Waals surface area (Å²) in [5, 5.41) is 6.75. The Balaban J connectivity index is 1.62. The van der Waals surface area contributed by atoms with Crippen molar-refractivity contribution in [3.63, 3.8) is 0 Å². The molecule has 1 heterocycles. The topological polar surface area (TPSA) is 58.1 Å². The van der Waals surface area contributed by atoms with Gasteiger partial charge in [-0.3, -0.25) is 4.99 Å². The molecule has 0 spiro atoms. The number of hydrogen-bond acceptors (Lipinski definition) is 4. The molecule has 0 radical (unpaired) electrons. The quantitative estimate of drug-likeness (QED) is 0.353. The van der Waals surface area contributed by atoms with Crippen molar-refractivity contribution in [1.29, 1.82) is 0 Å². The van der Waals surface area contributed by atoms with E-state index in [4.69, 9.17) is 14.5 Å². The van der Waals surface area contributed by atoms with Gasteiger partial charge in [0.15, 0.2) is 5.96 Å². The average molecular weight is 377 g/mol. The Bertz CT molecular complexity index is 516. The maximum Gasteiger partial charge on any atom is 0.191 e. The summed E-state index contributed by atoms with van der Waals surface area (Å²) in [7, 11) is 1.77. The van der Waals surface area contributed by atoms with E-state index in [-0.39, 0.29) is 0 Å². The van der Waals surface area contributed by atoms with Gasteiger partial charge in [0.1, 0.15) is 5.75 Å². The molecule has 1 saturated heterocycles. The first-order valence-electron chi connectivity index (χ1n) is 10.2. The van der Waals surface area contributed by atoms with Crippen molar-refractivity contribution in [2.75, 3.05) is 59.6 Å². The number of rotatable bonds is 11. The molecule has 0 bridgehead atoms. The van der Waals surface area contributed by atoms with Gasteiger partial charge in [-0.15, -0.1) is 0 Å². The van der Waals surface area contributed by atoms with Crippen molar-refractivity contribution >= 4 is 5.96 Å². The molecule has 0 aromatic heterocycles. The Labute approximate surface area is 164 Å². The van der Waals surface area contributed by atoms with Gasteiger partial charge in [-0.25, -0.2) is 0 Å². The maximum atomic E-state index is 5.73. The number of piperidine rings is 1. The highest BCUT2D eigenvalue weighted by Gasteiger charge is 2.18. The van der Waals surface area contributed by atoms with Crippen LogP contribution in [0.3, 0.4) is 0 Å². The second-order valence-corrected chi connectivity index (χ2v) is 6.94. The van der Waals surface area contributed by atoms with Gasteiger partial charge in [-0.05, 0) is 57.3 Å². The van der Waals surface area contributed by atoms with E-state index in [0.29, 0.717) is 12.5 Å². The molecule has 1 aromatic rings. The number of para-hydroxylation sites is 1. The summed E-state index contributed by atoms with van der Waals surface area (Å²) in [6, 6.07) is 9.95. The zero-order chi connectivity index (χ0) is 19.2. The van der Waals surface area contributed by atoms with Crippen molar-refractivity contribution in [2.45, 2.75) is 26.2 Å². The second-order valence-electron chi connectivity index (χ2n) is 6.94. The molecule has 1 aromatic carbocycles. The molecule has 1 aliphatic heterocycles. The van der Waals surface area contributed by atoms with Gasteiger partial charge in [-0.1, -0.05) is 18.2 Å². The second kappa shape index (κ2) is 13.4. The largest absolute Gasteiger partial charge is 0.494 e. The van der Waals surface area contributed by atoms with Gasteiger partial charge in [0.25, 0.3) is 0 Å². The zero-order valence-electron chi connectivity index (χ0n) is 17.0. The van der Waals surface area contributed by atoms with Crippen molar-refractivity contribution in [1.82, 2.24) is 15.5 Å². The number of guanidine groups is 1. The first kappa shape index (κ1) is 21.5. The van der Waals surface area contributed by atoms with E-state index in [1.165, 1.54) is 12.8 Å². The molecule has 27 heavy (non-hydrogen) atoms. The molecule has 6 heteroatoms. The van der Waals surface area contributed by atoms with E-state index in [1.807, 2.05) is 30.3 Å². The molecule has 0 unspecified atom stereocenters. The van der Waals surface area contributed by atoms with Crippen LogP contribution in [-0.2, 0) is 4.74 Å². The number of nitrogens with zero attached hydrogens (tertiary/aromatic N) is 2. The molecular formula is C21H36N4O2. The summed E-state index contributed by atoms with van der Waals surface area (Å²) in [5.74, 6) is 2.52. The minimum absolute atomic E-state index is 0.681. The van der Waals surface area contributed by atoms with Crippen LogP contribution >= 0.6 is 0 Å². The highest BCUT2D eigenvalue weighted by Crippen LogP contribution is 2.17. The van der Waals surface area contributed by atoms with Gasteiger partial charge in [0.05, 0.1) is 13.2 Å². The van der Waals surface area contributed by atoms with E-state index < -0.39 is 0 Å². The van der Waals surface area contributed by atoms with Gasteiger partial charge < -0.3 is 25.0 Å². The van der Waals surface area contributed by atoms with Crippen LogP contribution in [0.15, 0.2) is 35.3 Å². The molecule has 6 nitrogen and oxygen atoms in total. The summed E-state index contributed by atoms with van der Waals surface area (Å²) < 4.78 is 10.9. The lowest BCUT2D eigenvalue weighted by Crippen LogP contribution is -2.39.